The summed E-state index contributed by atoms with van der Waals surface area (Å²) in [5, 5.41) is 0. The zero-order valence-electron chi connectivity index (χ0n) is 12.4. The average molecular weight is 286 g/mol. The van der Waals surface area contributed by atoms with Crippen LogP contribution in [0.2, 0.25) is 0 Å². The molecule has 0 fully saturated rings. The lowest BCUT2D eigenvalue weighted by atomic mass is 10.1. The van der Waals surface area contributed by atoms with Gasteiger partial charge in [-0.15, -0.1) is 11.3 Å². The van der Waals surface area contributed by atoms with Crippen LogP contribution in [0.1, 0.15) is 21.4 Å². The summed E-state index contributed by atoms with van der Waals surface area (Å²) < 4.78 is 10.4. The average Bonchev–Trinajstić information content (AvgIpc) is 2.72. The van der Waals surface area contributed by atoms with Crippen LogP contribution in [0.3, 0.4) is 0 Å². The molecule has 0 amide bonds. The van der Waals surface area contributed by atoms with Gasteiger partial charge >= 0.3 is 0 Å². The zero-order valence-corrected chi connectivity index (χ0v) is 13.3. The van der Waals surface area contributed by atoms with E-state index in [1.54, 1.807) is 14.2 Å². The molecule has 1 aromatic rings. The van der Waals surface area contributed by atoms with E-state index in [0.29, 0.717) is 19.8 Å². The van der Waals surface area contributed by atoms with E-state index in [1.165, 1.54) is 15.3 Å². The van der Waals surface area contributed by atoms with Crippen LogP contribution in [0.25, 0.3) is 0 Å². The Morgan fingerprint density at radius 3 is 2.16 bits per heavy atom. The summed E-state index contributed by atoms with van der Waals surface area (Å²) >= 11 is 1.83. The van der Waals surface area contributed by atoms with Gasteiger partial charge in [0.2, 0.25) is 0 Å². The van der Waals surface area contributed by atoms with Crippen LogP contribution in [-0.4, -0.2) is 52.0 Å². The predicted octanol–water partition coefficient (Wildman–Crippen LogP) is 1.96. The fourth-order valence-corrected chi connectivity index (χ4v) is 3.28. The Labute approximate surface area is 120 Å². The van der Waals surface area contributed by atoms with Gasteiger partial charge in [0, 0.05) is 49.6 Å². The van der Waals surface area contributed by atoms with Crippen molar-refractivity contribution < 1.29 is 9.47 Å². The predicted molar refractivity (Wildman–Crippen MR) is 80.9 cm³/mol. The molecule has 1 aromatic heterocycles. The number of hydrogen-bond acceptors (Lipinski definition) is 5. The van der Waals surface area contributed by atoms with E-state index in [9.17, 15) is 0 Å². The van der Waals surface area contributed by atoms with E-state index in [0.717, 1.165) is 13.1 Å². The van der Waals surface area contributed by atoms with E-state index >= 15 is 0 Å². The molecule has 0 aromatic carbocycles. The minimum atomic E-state index is 0.246. The van der Waals surface area contributed by atoms with Crippen LogP contribution >= 0.6 is 11.3 Å². The number of aryl methyl sites for hydroxylation is 2. The molecule has 0 saturated carbocycles. The number of nitrogens with two attached hydrogens (primary N) is 1. The van der Waals surface area contributed by atoms with Crippen molar-refractivity contribution in [2.45, 2.75) is 19.9 Å². The Morgan fingerprint density at radius 2 is 1.79 bits per heavy atom. The standard InChI is InChI=1S/C14H26N2O2S/c1-11-9-13(12(2)19-11)14(10-15)16(5-7-17-3)6-8-18-4/h9,14H,5-8,10,15H2,1-4H3. The second-order valence-electron chi connectivity index (χ2n) is 4.64. The SMILES string of the molecule is COCCN(CCOC)C(CN)c1cc(C)sc1C. The molecular weight excluding hydrogens is 260 g/mol. The number of ether oxygens (including phenoxy) is 2. The highest BCUT2D eigenvalue weighted by molar-refractivity contribution is 7.12. The summed E-state index contributed by atoms with van der Waals surface area (Å²) in [4.78, 5) is 5.04. The van der Waals surface area contributed by atoms with Gasteiger partial charge in [0.05, 0.1) is 13.2 Å². The van der Waals surface area contributed by atoms with Crippen LogP contribution in [0.4, 0.5) is 0 Å². The Kier molecular flexibility index (Phi) is 7.56. The second kappa shape index (κ2) is 8.66. The third-order valence-electron chi connectivity index (χ3n) is 3.27. The van der Waals surface area contributed by atoms with E-state index in [-0.39, 0.29) is 6.04 Å². The minimum Gasteiger partial charge on any atom is -0.383 e. The van der Waals surface area contributed by atoms with Gasteiger partial charge in [-0.05, 0) is 25.5 Å². The Bertz CT molecular complexity index is 360. The topological polar surface area (TPSA) is 47.7 Å². The van der Waals surface area contributed by atoms with Crippen molar-refractivity contribution in [1.82, 2.24) is 4.90 Å². The van der Waals surface area contributed by atoms with Gasteiger partial charge in [-0.25, -0.2) is 0 Å². The molecule has 110 valence electrons. The summed E-state index contributed by atoms with van der Waals surface area (Å²) in [7, 11) is 3.46. The third-order valence-corrected chi connectivity index (χ3v) is 4.25. The molecule has 0 aliphatic carbocycles. The Hall–Kier alpha value is -0.460. The lowest BCUT2D eigenvalue weighted by Gasteiger charge is -2.30. The lowest BCUT2D eigenvalue weighted by Crippen LogP contribution is -2.38. The van der Waals surface area contributed by atoms with Crippen molar-refractivity contribution in [1.29, 1.82) is 0 Å². The fourth-order valence-electron chi connectivity index (χ4n) is 2.29. The number of methoxy groups -OCH3 is 2. The highest BCUT2D eigenvalue weighted by atomic mass is 32.1. The molecule has 0 aliphatic heterocycles. The highest BCUT2D eigenvalue weighted by Gasteiger charge is 2.21. The Morgan fingerprint density at radius 1 is 1.21 bits per heavy atom. The molecule has 0 radical (unpaired) electrons. The smallest absolute Gasteiger partial charge is 0.0589 e. The maximum absolute atomic E-state index is 6.01. The van der Waals surface area contributed by atoms with E-state index in [4.69, 9.17) is 15.2 Å². The van der Waals surface area contributed by atoms with E-state index in [1.807, 2.05) is 11.3 Å². The van der Waals surface area contributed by atoms with E-state index < -0.39 is 0 Å². The van der Waals surface area contributed by atoms with Crippen molar-refractivity contribution in [3.8, 4) is 0 Å². The molecule has 4 nitrogen and oxygen atoms in total. The second-order valence-corrected chi connectivity index (χ2v) is 6.10. The summed E-state index contributed by atoms with van der Waals surface area (Å²) in [5.41, 5.74) is 7.35. The van der Waals surface area contributed by atoms with Crippen molar-refractivity contribution in [2.75, 3.05) is 47.1 Å². The minimum absolute atomic E-state index is 0.246. The fraction of sp³-hybridized carbons (Fsp3) is 0.714. The summed E-state index contributed by atoms with van der Waals surface area (Å²) in [6.45, 7) is 8.09. The monoisotopic (exact) mass is 286 g/mol. The maximum Gasteiger partial charge on any atom is 0.0589 e. The van der Waals surface area contributed by atoms with Gasteiger partial charge in [0.1, 0.15) is 0 Å². The number of rotatable bonds is 9. The molecular formula is C14H26N2O2S. The molecule has 19 heavy (non-hydrogen) atoms. The normalized spacial score (nSPS) is 13.2. The first-order chi connectivity index (χ1) is 9.13. The first kappa shape index (κ1) is 16.6. The summed E-state index contributed by atoms with van der Waals surface area (Å²) in [6.07, 6.45) is 0. The van der Waals surface area contributed by atoms with Gasteiger partial charge in [0.15, 0.2) is 0 Å². The van der Waals surface area contributed by atoms with Gasteiger partial charge in [-0.1, -0.05) is 0 Å². The molecule has 0 bridgehead atoms. The summed E-state index contributed by atoms with van der Waals surface area (Å²) in [6, 6.07) is 2.50. The van der Waals surface area contributed by atoms with Crippen molar-refractivity contribution >= 4 is 11.3 Å². The zero-order chi connectivity index (χ0) is 14.3. The van der Waals surface area contributed by atoms with Crippen LogP contribution in [-0.2, 0) is 9.47 Å². The highest BCUT2D eigenvalue weighted by Crippen LogP contribution is 2.29. The van der Waals surface area contributed by atoms with Crippen LogP contribution < -0.4 is 5.73 Å². The largest absolute Gasteiger partial charge is 0.383 e. The van der Waals surface area contributed by atoms with Crippen molar-refractivity contribution in [3.05, 3.63) is 21.4 Å². The first-order valence-electron chi connectivity index (χ1n) is 6.63. The van der Waals surface area contributed by atoms with Gasteiger partial charge in [-0.3, -0.25) is 4.90 Å². The lowest BCUT2D eigenvalue weighted by molar-refractivity contribution is 0.0891. The van der Waals surface area contributed by atoms with E-state index in [2.05, 4.69) is 24.8 Å². The molecule has 1 atom stereocenters. The number of nitrogens with zero attached hydrogens (tertiary/aromatic N) is 1. The molecule has 2 N–H and O–H groups in total. The molecule has 1 unspecified atom stereocenters. The molecule has 1 rings (SSSR count). The molecule has 0 aliphatic rings. The Balaban J connectivity index is 2.84. The van der Waals surface area contributed by atoms with Gasteiger partial charge < -0.3 is 15.2 Å². The third kappa shape index (κ3) is 4.85. The molecule has 0 saturated heterocycles. The van der Waals surface area contributed by atoms with Gasteiger partial charge in [0.25, 0.3) is 0 Å². The van der Waals surface area contributed by atoms with Gasteiger partial charge in [-0.2, -0.15) is 0 Å². The summed E-state index contributed by atoms with van der Waals surface area (Å²) in [5.74, 6) is 0. The molecule has 0 spiro atoms. The van der Waals surface area contributed by atoms with Crippen LogP contribution in [0.15, 0.2) is 6.07 Å². The molecule has 5 heteroatoms. The number of hydrogen-bond donors (Lipinski definition) is 1. The quantitative estimate of drug-likeness (QED) is 0.754. The maximum atomic E-state index is 6.01. The molecule has 1 heterocycles. The van der Waals surface area contributed by atoms with Crippen LogP contribution in [0, 0.1) is 13.8 Å². The van der Waals surface area contributed by atoms with Crippen molar-refractivity contribution in [3.63, 3.8) is 0 Å². The van der Waals surface area contributed by atoms with Crippen LogP contribution in [0.5, 0.6) is 0 Å². The first-order valence-corrected chi connectivity index (χ1v) is 7.44. The van der Waals surface area contributed by atoms with Crippen molar-refractivity contribution in [2.24, 2.45) is 5.73 Å². The number of thiophene rings is 1.